The van der Waals surface area contributed by atoms with Crippen molar-refractivity contribution >= 4 is 15.9 Å². The summed E-state index contributed by atoms with van der Waals surface area (Å²) in [6.07, 6.45) is 0.627. The monoisotopic (exact) mass is 311 g/mol. The lowest BCUT2D eigenvalue weighted by Gasteiger charge is -2.25. The Kier molecular flexibility index (Phi) is 5.33. The molecule has 1 atom stereocenters. The zero-order chi connectivity index (χ0) is 15.3. The number of fused-ring (bicyclic) bond motifs is 1. The minimum Gasteiger partial charge on any atom is -0.354 e. The Morgan fingerprint density at radius 1 is 1.33 bits per heavy atom. The number of benzene rings is 1. The number of amides is 1. The van der Waals surface area contributed by atoms with Crippen molar-refractivity contribution < 1.29 is 13.2 Å². The number of hydrogen-bond donors (Lipinski definition) is 3. The van der Waals surface area contributed by atoms with Crippen molar-refractivity contribution in [1.29, 1.82) is 0 Å². The number of hydrogen-bond acceptors (Lipinski definition) is 4. The normalized spacial score (nSPS) is 18.0. The SMILES string of the molecule is CCNS(=O)(=O)CCNC(=O)[C@H]1Cc2ccccc2CN1. The lowest BCUT2D eigenvalue weighted by Crippen LogP contribution is -2.48. The summed E-state index contributed by atoms with van der Waals surface area (Å²) in [5, 5.41) is 5.85. The highest BCUT2D eigenvalue weighted by Gasteiger charge is 2.23. The first-order chi connectivity index (χ1) is 10.0. The predicted octanol–water partition coefficient (Wildman–Crippen LogP) is -0.244. The summed E-state index contributed by atoms with van der Waals surface area (Å²) in [6.45, 7) is 2.86. The minimum atomic E-state index is -3.29. The minimum absolute atomic E-state index is 0.101. The molecule has 0 spiro atoms. The molecule has 1 heterocycles. The molecule has 1 aliphatic heterocycles. The zero-order valence-electron chi connectivity index (χ0n) is 12.1. The number of rotatable bonds is 6. The van der Waals surface area contributed by atoms with E-state index in [1.807, 2.05) is 24.3 Å². The van der Waals surface area contributed by atoms with Gasteiger partial charge in [0.1, 0.15) is 0 Å². The van der Waals surface area contributed by atoms with Crippen LogP contribution in [0.2, 0.25) is 0 Å². The van der Waals surface area contributed by atoms with Crippen LogP contribution in [-0.2, 0) is 27.8 Å². The van der Waals surface area contributed by atoms with Gasteiger partial charge in [-0.25, -0.2) is 13.1 Å². The van der Waals surface area contributed by atoms with E-state index in [4.69, 9.17) is 0 Å². The van der Waals surface area contributed by atoms with E-state index < -0.39 is 10.0 Å². The van der Waals surface area contributed by atoms with E-state index in [9.17, 15) is 13.2 Å². The van der Waals surface area contributed by atoms with Gasteiger partial charge in [-0.3, -0.25) is 4.79 Å². The smallest absolute Gasteiger partial charge is 0.237 e. The fourth-order valence-electron chi connectivity index (χ4n) is 2.36. The third-order valence-electron chi connectivity index (χ3n) is 3.43. The van der Waals surface area contributed by atoms with Gasteiger partial charge in [-0.2, -0.15) is 0 Å². The molecule has 1 aliphatic rings. The molecule has 21 heavy (non-hydrogen) atoms. The van der Waals surface area contributed by atoms with E-state index in [0.29, 0.717) is 19.5 Å². The zero-order valence-corrected chi connectivity index (χ0v) is 12.9. The van der Waals surface area contributed by atoms with Gasteiger partial charge in [-0.15, -0.1) is 0 Å². The van der Waals surface area contributed by atoms with Crippen LogP contribution in [0.1, 0.15) is 18.1 Å². The number of carbonyl (C=O) groups is 1. The van der Waals surface area contributed by atoms with Crippen molar-refractivity contribution in [1.82, 2.24) is 15.4 Å². The van der Waals surface area contributed by atoms with Crippen LogP contribution in [0.25, 0.3) is 0 Å². The second-order valence-corrected chi connectivity index (χ2v) is 6.94. The van der Waals surface area contributed by atoms with Crippen LogP contribution < -0.4 is 15.4 Å². The van der Waals surface area contributed by atoms with E-state index in [0.717, 1.165) is 5.56 Å². The van der Waals surface area contributed by atoms with Crippen LogP contribution in [0.5, 0.6) is 0 Å². The summed E-state index contributed by atoms with van der Waals surface area (Å²) in [7, 11) is -3.29. The van der Waals surface area contributed by atoms with Gasteiger partial charge in [0.05, 0.1) is 11.8 Å². The molecule has 116 valence electrons. The maximum absolute atomic E-state index is 12.1. The Hall–Kier alpha value is -1.44. The number of sulfonamides is 1. The van der Waals surface area contributed by atoms with Gasteiger partial charge in [0, 0.05) is 19.6 Å². The highest BCUT2D eigenvalue weighted by atomic mass is 32.2. The molecule has 0 fully saturated rings. The average molecular weight is 311 g/mol. The quantitative estimate of drug-likeness (QED) is 0.676. The molecule has 0 bridgehead atoms. The van der Waals surface area contributed by atoms with Gasteiger partial charge in [0.25, 0.3) is 0 Å². The Bertz CT molecular complexity index is 601. The van der Waals surface area contributed by atoms with E-state index in [1.165, 1.54) is 5.56 Å². The van der Waals surface area contributed by atoms with Crippen LogP contribution in [0, 0.1) is 0 Å². The first-order valence-corrected chi connectivity index (χ1v) is 8.72. The lowest BCUT2D eigenvalue weighted by atomic mass is 9.95. The molecule has 1 amide bonds. The Morgan fingerprint density at radius 2 is 2.05 bits per heavy atom. The van der Waals surface area contributed by atoms with Crippen molar-refractivity contribution in [2.75, 3.05) is 18.8 Å². The Labute approximate surface area is 125 Å². The summed E-state index contributed by atoms with van der Waals surface area (Å²) in [5.41, 5.74) is 2.37. The van der Waals surface area contributed by atoms with Crippen molar-refractivity contribution in [3.8, 4) is 0 Å². The third-order valence-corrected chi connectivity index (χ3v) is 4.90. The van der Waals surface area contributed by atoms with Crippen LogP contribution >= 0.6 is 0 Å². The molecule has 3 N–H and O–H groups in total. The summed E-state index contributed by atoms with van der Waals surface area (Å²) in [6, 6.07) is 7.70. The molecule has 0 unspecified atom stereocenters. The highest BCUT2D eigenvalue weighted by Crippen LogP contribution is 2.16. The van der Waals surface area contributed by atoms with E-state index in [1.54, 1.807) is 6.92 Å². The average Bonchev–Trinajstić information content (AvgIpc) is 2.46. The van der Waals surface area contributed by atoms with Gasteiger partial charge in [0.15, 0.2) is 0 Å². The molecule has 1 aromatic rings. The van der Waals surface area contributed by atoms with Crippen LogP contribution in [0.3, 0.4) is 0 Å². The fourth-order valence-corrected chi connectivity index (χ4v) is 3.32. The van der Waals surface area contributed by atoms with Crippen LogP contribution in [0.4, 0.5) is 0 Å². The first kappa shape index (κ1) is 15.9. The molecule has 0 aliphatic carbocycles. The standard InChI is InChI=1S/C14H21N3O3S/c1-2-17-21(19,20)8-7-15-14(18)13-9-11-5-3-4-6-12(11)10-16-13/h3-6,13,16-17H,2,7-10H2,1H3,(H,15,18)/t13-/m1/s1. The topological polar surface area (TPSA) is 87.3 Å². The van der Waals surface area contributed by atoms with Crippen molar-refractivity contribution in [2.45, 2.75) is 25.9 Å². The van der Waals surface area contributed by atoms with E-state index in [2.05, 4.69) is 15.4 Å². The van der Waals surface area contributed by atoms with Gasteiger partial charge in [-0.1, -0.05) is 31.2 Å². The summed E-state index contributed by atoms with van der Waals surface area (Å²) < 4.78 is 25.3. The third kappa shape index (κ3) is 4.52. The van der Waals surface area contributed by atoms with Gasteiger partial charge >= 0.3 is 0 Å². The molecule has 6 nitrogen and oxygen atoms in total. The lowest BCUT2D eigenvalue weighted by molar-refractivity contribution is -0.123. The van der Waals surface area contributed by atoms with Crippen LogP contribution in [0.15, 0.2) is 24.3 Å². The molecule has 7 heteroatoms. The van der Waals surface area contributed by atoms with Crippen molar-refractivity contribution in [2.24, 2.45) is 0 Å². The number of carbonyl (C=O) groups excluding carboxylic acids is 1. The van der Waals surface area contributed by atoms with Crippen molar-refractivity contribution in [3.05, 3.63) is 35.4 Å². The van der Waals surface area contributed by atoms with E-state index >= 15 is 0 Å². The molecule has 2 rings (SSSR count). The highest BCUT2D eigenvalue weighted by molar-refractivity contribution is 7.89. The second kappa shape index (κ2) is 7.02. The van der Waals surface area contributed by atoms with Crippen LogP contribution in [-0.4, -0.2) is 39.2 Å². The fraction of sp³-hybridized carbons (Fsp3) is 0.500. The molecule has 0 radical (unpaired) electrons. The number of nitrogens with one attached hydrogen (secondary N) is 3. The maximum atomic E-state index is 12.1. The van der Waals surface area contributed by atoms with E-state index in [-0.39, 0.29) is 24.2 Å². The molecule has 0 saturated heterocycles. The summed E-state index contributed by atoms with van der Waals surface area (Å²) in [5.74, 6) is -0.258. The second-order valence-electron chi connectivity index (χ2n) is 5.01. The summed E-state index contributed by atoms with van der Waals surface area (Å²) >= 11 is 0. The predicted molar refractivity (Wildman–Crippen MR) is 81.2 cm³/mol. The molecular weight excluding hydrogens is 290 g/mol. The molecule has 0 saturated carbocycles. The largest absolute Gasteiger partial charge is 0.354 e. The molecule has 1 aromatic carbocycles. The molecule has 0 aromatic heterocycles. The summed E-state index contributed by atoms with van der Waals surface area (Å²) in [4.78, 5) is 12.1. The molecular formula is C14H21N3O3S. The first-order valence-electron chi connectivity index (χ1n) is 7.07. The van der Waals surface area contributed by atoms with Gasteiger partial charge in [-0.05, 0) is 17.5 Å². The Balaban J connectivity index is 1.83. The van der Waals surface area contributed by atoms with Crippen molar-refractivity contribution in [3.63, 3.8) is 0 Å². The Morgan fingerprint density at radius 3 is 2.76 bits per heavy atom. The van der Waals surface area contributed by atoms with Gasteiger partial charge in [0.2, 0.25) is 15.9 Å². The van der Waals surface area contributed by atoms with Gasteiger partial charge < -0.3 is 10.6 Å². The maximum Gasteiger partial charge on any atom is 0.237 e.